The number of phenolic OH excluding ortho intramolecular Hbond substituents is 1. The molecule has 1 aromatic carbocycles. The Morgan fingerprint density at radius 1 is 1.48 bits per heavy atom. The van der Waals surface area contributed by atoms with Gasteiger partial charge in [-0.1, -0.05) is 12.1 Å². The van der Waals surface area contributed by atoms with Crippen LogP contribution in [0.15, 0.2) is 30.5 Å². The third-order valence-electron chi connectivity index (χ3n) is 3.40. The molecule has 0 aliphatic carbocycles. The normalized spacial score (nSPS) is 16.4. The zero-order valence-electron chi connectivity index (χ0n) is 12.7. The van der Waals surface area contributed by atoms with Crippen LogP contribution in [0.2, 0.25) is 0 Å². The van der Waals surface area contributed by atoms with Gasteiger partial charge in [0.2, 0.25) is 6.29 Å². The predicted octanol–water partition coefficient (Wildman–Crippen LogP) is 2.26. The van der Waals surface area contributed by atoms with Gasteiger partial charge in [-0.2, -0.15) is 0 Å². The maximum atomic E-state index is 12.3. The number of thiazole rings is 1. The first-order chi connectivity index (χ1) is 11.1. The van der Waals surface area contributed by atoms with Gasteiger partial charge in [0.25, 0.3) is 5.91 Å². The Balaban J connectivity index is 1.58. The van der Waals surface area contributed by atoms with Gasteiger partial charge in [0.1, 0.15) is 15.6 Å². The SMILES string of the molecule is C[C@H](Cc1cccc(O)c1)NC(=O)c1cnc(C2OCCO2)s1. The van der Waals surface area contributed by atoms with Crippen molar-refractivity contribution in [3.05, 3.63) is 45.9 Å². The number of aromatic nitrogens is 1. The average Bonchev–Trinajstić information content (AvgIpc) is 3.18. The second kappa shape index (κ2) is 7.08. The lowest BCUT2D eigenvalue weighted by Crippen LogP contribution is -2.33. The number of aromatic hydroxyl groups is 1. The van der Waals surface area contributed by atoms with E-state index in [0.717, 1.165) is 5.56 Å². The van der Waals surface area contributed by atoms with Crippen LogP contribution in [0.5, 0.6) is 5.75 Å². The maximum Gasteiger partial charge on any atom is 0.263 e. The molecule has 1 atom stereocenters. The molecule has 2 aromatic rings. The zero-order valence-corrected chi connectivity index (χ0v) is 13.5. The molecule has 1 aliphatic heterocycles. The van der Waals surface area contributed by atoms with E-state index in [1.54, 1.807) is 24.4 Å². The molecule has 7 heteroatoms. The summed E-state index contributed by atoms with van der Waals surface area (Å²) in [5, 5.41) is 13.1. The Kier molecular flexibility index (Phi) is 4.90. The summed E-state index contributed by atoms with van der Waals surface area (Å²) >= 11 is 1.28. The molecular formula is C16H18N2O4S. The minimum Gasteiger partial charge on any atom is -0.508 e. The van der Waals surface area contributed by atoms with Crippen LogP contribution in [0.1, 0.15) is 33.5 Å². The second-order valence-corrected chi connectivity index (χ2v) is 6.45. The van der Waals surface area contributed by atoms with E-state index in [1.807, 2.05) is 13.0 Å². The number of benzene rings is 1. The molecule has 122 valence electrons. The number of nitrogens with zero attached hydrogens (tertiary/aromatic N) is 1. The summed E-state index contributed by atoms with van der Waals surface area (Å²) in [4.78, 5) is 17.0. The topological polar surface area (TPSA) is 80.7 Å². The molecule has 6 nitrogen and oxygen atoms in total. The molecule has 3 rings (SSSR count). The molecule has 0 spiro atoms. The fourth-order valence-electron chi connectivity index (χ4n) is 2.39. The number of amides is 1. The summed E-state index contributed by atoms with van der Waals surface area (Å²) in [6.07, 6.45) is 1.73. The highest BCUT2D eigenvalue weighted by molar-refractivity contribution is 7.13. The lowest BCUT2D eigenvalue weighted by atomic mass is 10.1. The van der Waals surface area contributed by atoms with Crippen molar-refractivity contribution in [1.29, 1.82) is 0 Å². The summed E-state index contributed by atoms with van der Waals surface area (Å²) in [6.45, 7) is 3.02. The number of hydrogen-bond acceptors (Lipinski definition) is 6. The third-order valence-corrected chi connectivity index (χ3v) is 4.42. The van der Waals surface area contributed by atoms with E-state index in [4.69, 9.17) is 9.47 Å². The minimum absolute atomic E-state index is 0.0613. The van der Waals surface area contributed by atoms with Crippen molar-refractivity contribution in [3.63, 3.8) is 0 Å². The highest BCUT2D eigenvalue weighted by Crippen LogP contribution is 2.27. The summed E-state index contributed by atoms with van der Waals surface area (Å²) < 4.78 is 10.7. The number of hydrogen-bond donors (Lipinski definition) is 2. The highest BCUT2D eigenvalue weighted by atomic mass is 32.1. The molecular weight excluding hydrogens is 316 g/mol. The molecule has 1 saturated heterocycles. The van der Waals surface area contributed by atoms with Crippen molar-refractivity contribution >= 4 is 17.2 Å². The van der Waals surface area contributed by atoms with Crippen molar-refractivity contribution in [2.24, 2.45) is 0 Å². The van der Waals surface area contributed by atoms with Crippen molar-refractivity contribution in [1.82, 2.24) is 10.3 Å². The van der Waals surface area contributed by atoms with Crippen LogP contribution in [0.4, 0.5) is 0 Å². The van der Waals surface area contributed by atoms with Gasteiger partial charge in [0.05, 0.1) is 19.4 Å². The summed E-state index contributed by atoms with van der Waals surface area (Å²) in [6, 6.07) is 6.97. The number of rotatable bonds is 5. The molecule has 1 amide bonds. The number of nitrogens with one attached hydrogen (secondary N) is 1. The van der Waals surface area contributed by atoms with E-state index in [1.165, 1.54) is 11.3 Å². The van der Waals surface area contributed by atoms with Gasteiger partial charge in [-0.25, -0.2) is 4.98 Å². The van der Waals surface area contributed by atoms with Crippen LogP contribution in [0.3, 0.4) is 0 Å². The fraction of sp³-hybridized carbons (Fsp3) is 0.375. The fourth-order valence-corrected chi connectivity index (χ4v) is 3.21. The van der Waals surface area contributed by atoms with Gasteiger partial charge < -0.3 is 19.9 Å². The van der Waals surface area contributed by atoms with Gasteiger partial charge in [-0.15, -0.1) is 11.3 Å². The monoisotopic (exact) mass is 334 g/mol. The van der Waals surface area contributed by atoms with E-state index < -0.39 is 6.29 Å². The van der Waals surface area contributed by atoms with Crippen molar-refractivity contribution in [2.75, 3.05) is 13.2 Å². The van der Waals surface area contributed by atoms with Gasteiger partial charge in [0.15, 0.2) is 0 Å². The maximum absolute atomic E-state index is 12.3. The first-order valence-electron chi connectivity index (χ1n) is 7.39. The number of carbonyl (C=O) groups excluding carboxylic acids is 1. The standard InChI is InChI=1S/C16H18N2O4S/c1-10(7-11-3-2-4-12(19)8-11)18-14(20)13-9-17-15(23-13)16-21-5-6-22-16/h2-4,8-10,16,19H,5-7H2,1H3,(H,18,20)/t10-/m1/s1. The molecule has 1 aliphatic rings. The summed E-state index contributed by atoms with van der Waals surface area (Å²) in [5.41, 5.74) is 0.968. The molecule has 0 radical (unpaired) electrons. The highest BCUT2D eigenvalue weighted by Gasteiger charge is 2.23. The number of ether oxygens (including phenoxy) is 2. The Morgan fingerprint density at radius 2 is 2.26 bits per heavy atom. The average molecular weight is 334 g/mol. The Bertz CT molecular complexity index is 682. The number of phenols is 1. The van der Waals surface area contributed by atoms with Crippen LogP contribution >= 0.6 is 11.3 Å². The smallest absolute Gasteiger partial charge is 0.263 e. The molecule has 2 heterocycles. The van der Waals surface area contributed by atoms with Gasteiger partial charge in [0, 0.05) is 6.04 Å². The van der Waals surface area contributed by atoms with Crippen molar-refractivity contribution in [3.8, 4) is 5.75 Å². The van der Waals surface area contributed by atoms with Crippen LogP contribution in [0, 0.1) is 0 Å². The van der Waals surface area contributed by atoms with E-state index in [2.05, 4.69) is 10.3 Å². The van der Waals surface area contributed by atoms with Crippen LogP contribution in [-0.4, -0.2) is 35.3 Å². The van der Waals surface area contributed by atoms with Gasteiger partial charge in [-0.3, -0.25) is 4.79 Å². The van der Waals surface area contributed by atoms with Crippen LogP contribution < -0.4 is 5.32 Å². The quantitative estimate of drug-likeness (QED) is 0.876. The molecule has 23 heavy (non-hydrogen) atoms. The van der Waals surface area contributed by atoms with E-state index in [0.29, 0.717) is 29.5 Å². The Morgan fingerprint density at radius 3 is 3.00 bits per heavy atom. The second-order valence-electron chi connectivity index (χ2n) is 5.38. The summed E-state index contributed by atoms with van der Waals surface area (Å²) in [5.74, 6) is 0.0593. The lowest BCUT2D eigenvalue weighted by molar-refractivity contribution is -0.0442. The largest absolute Gasteiger partial charge is 0.508 e. The van der Waals surface area contributed by atoms with Crippen molar-refractivity contribution < 1.29 is 19.4 Å². The predicted molar refractivity (Wildman–Crippen MR) is 85.5 cm³/mol. The van der Waals surface area contributed by atoms with Gasteiger partial charge >= 0.3 is 0 Å². The molecule has 0 unspecified atom stereocenters. The van der Waals surface area contributed by atoms with Crippen molar-refractivity contribution in [2.45, 2.75) is 25.7 Å². The third kappa shape index (κ3) is 4.07. The molecule has 1 fully saturated rings. The molecule has 0 saturated carbocycles. The lowest BCUT2D eigenvalue weighted by Gasteiger charge is -2.13. The Labute approximate surface area is 138 Å². The number of carbonyl (C=O) groups is 1. The van der Waals surface area contributed by atoms with Crippen LogP contribution in [-0.2, 0) is 15.9 Å². The first kappa shape index (κ1) is 15.9. The molecule has 2 N–H and O–H groups in total. The minimum atomic E-state index is -0.453. The molecule has 0 bridgehead atoms. The first-order valence-corrected chi connectivity index (χ1v) is 8.21. The molecule has 1 aromatic heterocycles. The van der Waals surface area contributed by atoms with Gasteiger partial charge in [-0.05, 0) is 31.0 Å². The van der Waals surface area contributed by atoms with E-state index in [-0.39, 0.29) is 17.7 Å². The Hall–Kier alpha value is -1.96. The zero-order chi connectivity index (χ0) is 16.2. The van der Waals surface area contributed by atoms with Crippen LogP contribution in [0.25, 0.3) is 0 Å². The van der Waals surface area contributed by atoms with E-state index in [9.17, 15) is 9.90 Å². The summed E-state index contributed by atoms with van der Waals surface area (Å²) in [7, 11) is 0. The van der Waals surface area contributed by atoms with E-state index >= 15 is 0 Å².